The molecule has 6 nitrogen and oxygen atoms in total. The van der Waals surface area contributed by atoms with Gasteiger partial charge in [0.1, 0.15) is 5.82 Å². The van der Waals surface area contributed by atoms with Gasteiger partial charge in [0.05, 0.1) is 6.04 Å². The standard InChI is InChI=1S/C24H31FN4O2S/c1-18(26-23(30)24(31)29-11-3-2-4-12-29)22(21-6-5-17-32-21)28-15-13-27(14-16-28)20-9-7-19(25)8-10-20/h5-10,17-18,22H,2-4,11-16H2,1H3,(H,26,30)/t18-,22+/m0/s1. The van der Waals surface area contributed by atoms with E-state index in [1.807, 2.05) is 30.5 Å². The summed E-state index contributed by atoms with van der Waals surface area (Å²) in [5.41, 5.74) is 1.02. The maximum Gasteiger partial charge on any atom is 0.311 e. The number of nitrogens with zero attached hydrogens (tertiary/aromatic N) is 3. The minimum absolute atomic E-state index is 0.00322. The van der Waals surface area contributed by atoms with Crippen LogP contribution in [0.15, 0.2) is 41.8 Å². The summed E-state index contributed by atoms with van der Waals surface area (Å²) in [7, 11) is 0. The Morgan fingerprint density at radius 2 is 1.66 bits per heavy atom. The fraction of sp³-hybridized carbons (Fsp3) is 0.500. The Balaban J connectivity index is 1.41. The van der Waals surface area contributed by atoms with Crippen LogP contribution in [0, 0.1) is 5.82 Å². The minimum atomic E-state index is -0.508. The van der Waals surface area contributed by atoms with Crippen molar-refractivity contribution >= 4 is 28.8 Å². The van der Waals surface area contributed by atoms with Crippen LogP contribution in [0.1, 0.15) is 37.1 Å². The first-order valence-corrected chi connectivity index (χ1v) is 12.3. The van der Waals surface area contributed by atoms with Crippen LogP contribution >= 0.6 is 11.3 Å². The average Bonchev–Trinajstić information content (AvgIpc) is 3.34. The van der Waals surface area contributed by atoms with Gasteiger partial charge in [-0.2, -0.15) is 0 Å². The van der Waals surface area contributed by atoms with Crippen molar-refractivity contribution in [1.82, 2.24) is 15.1 Å². The summed E-state index contributed by atoms with van der Waals surface area (Å²) < 4.78 is 13.3. The Hall–Kier alpha value is -2.45. The molecule has 2 saturated heterocycles. The fourth-order valence-corrected chi connectivity index (χ4v) is 5.66. The average molecular weight is 459 g/mol. The first-order chi connectivity index (χ1) is 15.5. The van der Waals surface area contributed by atoms with E-state index in [0.29, 0.717) is 13.1 Å². The maximum absolute atomic E-state index is 13.3. The summed E-state index contributed by atoms with van der Waals surface area (Å²) in [5, 5.41) is 5.04. The zero-order valence-corrected chi connectivity index (χ0v) is 19.3. The van der Waals surface area contributed by atoms with Crippen molar-refractivity contribution in [1.29, 1.82) is 0 Å². The van der Waals surface area contributed by atoms with Crippen molar-refractivity contribution in [3.63, 3.8) is 0 Å². The molecule has 0 spiro atoms. The summed E-state index contributed by atoms with van der Waals surface area (Å²) >= 11 is 1.67. The number of halogens is 1. The zero-order valence-electron chi connectivity index (χ0n) is 18.5. The van der Waals surface area contributed by atoms with Gasteiger partial charge in [-0.25, -0.2) is 4.39 Å². The smallest absolute Gasteiger partial charge is 0.311 e. The zero-order chi connectivity index (χ0) is 22.5. The molecule has 2 aliphatic rings. The second-order valence-electron chi connectivity index (χ2n) is 8.57. The molecule has 0 unspecified atom stereocenters. The lowest BCUT2D eigenvalue weighted by molar-refractivity contribution is -0.147. The number of carbonyl (C=O) groups excluding carboxylic acids is 2. The fourth-order valence-electron chi connectivity index (χ4n) is 4.70. The molecule has 1 N–H and O–H groups in total. The Morgan fingerprint density at radius 3 is 2.28 bits per heavy atom. The van der Waals surface area contributed by atoms with E-state index in [0.717, 1.165) is 51.1 Å². The Morgan fingerprint density at radius 1 is 0.969 bits per heavy atom. The van der Waals surface area contributed by atoms with Gasteiger partial charge >= 0.3 is 11.8 Å². The highest BCUT2D eigenvalue weighted by Crippen LogP contribution is 2.30. The normalized spacial score (nSPS) is 19.4. The summed E-state index contributed by atoms with van der Waals surface area (Å²) in [6, 6.07) is 10.5. The van der Waals surface area contributed by atoms with Crippen LogP contribution in [-0.2, 0) is 9.59 Å². The summed E-state index contributed by atoms with van der Waals surface area (Å²) in [4.78, 5) is 32.8. The predicted molar refractivity (Wildman–Crippen MR) is 125 cm³/mol. The molecular formula is C24H31FN4O2S. The van der Waals surface area contributed by atoms with E-state index < -0.39 is 11.8 Å². The van der Waals surface area contributed by atoms with Crippen molar-refractivity contribution in [3.05, 3.63) is 52.5 Å². The van der Waals surface area contributed by atoms with Gasteiger partial charge in [0, 0.05) is 55.9 Å². The number of nitrogens with one attached hydrogen (secondary N) is 1. The predicted octanol–water partition coefficient (Wildman–Crippen LogP) is 3.27. The van der Waals surface area contributed by atoms with Gasteiger partial charge in [-0.15, -0.1) is 11.3 Å². The number of amides is 2. The van der Waals surface area contributed by atoms with Gasteiger partial charge in [0.2, 0.25) is 0 Å². The summed E-state index contributed by atoms with van der Waals surface area (Å²) in [6.45, 7) is 6.60. The first-order valence-electron chi connectivity index (χ1n) is 11.4. The molecule has 3 heterocycles. The minimum Gasteiger partial charge on any atom is -0.369 e. The second-order valence-corrected chi connectivity index (χ2v) is 9.55. The van der Waals surface area contributed by atoms with Crippen molar-refractivity contribution in [3.8, 4) is 0 Å². The number of benzene rings is 1. The van der Waals surface area contributed by atoms with Crippen molar-refractivity contribution in [2.24, 2.45) is 0 Å². The number of hydrogen-bond donors (Lipinski definition) is 1. The van der Waals surface area contributed by atoms with Gasteiger partial charge in [0.25, 0.3) is 0 Å². The van der Waals surface area contributed by atoms with Crippen LogP contribution < -0.4 is 10.2 Å². The quantitative estimate of drug-likeness (QED) is 0.699. The molecule has 172 valence electrons. The lowest BCUT2D eigenvalue weighted by atomic mass is 10.0. The van der Waals surface area contributed by atoms with Crippen LogP contribution in [0.25, 0.3) is 0 Å². The van der Waals surface area contributed by atoms with Crippen molar-refractivity contribution in [2.75, 3.05) is 44.2 Å². The van der Waals surface area contributed by atoms with Crippen LogP contribution in [-0.4, -0.2) is 66.9 Å². The number of hydrogen-bond acceptors (Lipinski definition) is 5. The number of thiophene rings is 1. The highest BCUT2D eigenvalue weighted by Gasteiger charge is 2.33. The molecule has 2 fully saturated rings. The van der Waals surface area contributed by atoms with Crippen LogP contribution in [0.2, 0.25) is 0 Å². The molecule has 1 aromatic carbocycles. The van der Waals surface area contributed by atoms with E-state index in [4.69, 9.17) is 0 Å². The van der Waals surface area contributed by atoms with E-state index in [2.05, 4.69) is 21.2 Å². The lowest BCUT2D eigenvalue weighted by Gasteiger charge is -2.42. The van der Waals surface area contributed by atoms with Gasteiger partial charge in [0.15, 0.2) is 0 Å². The molecule has 4 rings (SSSR count). The first kappa shape index (κ1) is 22.7. The number of piperidine rings is 1. The third-order valence-electron chi connectivity index (χ3n) is 6.40. The molecule has 2 aromatic rings. The van der Waals surface area contributed by atoms with Crippen LogP contribution in [0.3, 0.4) is 0 Å². The monoisotopic (exact) mass is 458 g/mol. The van der Waals surface area contributed by atoms with Gasteiger partial charge in [-0.1, -0.05) is 6.07 Å². The highest BCUT2D eigenvalue weighted by molar-refractivity contribution is 7.10. The lowest BCUT2D eigenvalue weighted by Crippen LogP contribution is -2.54. The Labute approximate surface area is 193 Å². The van der Waals surface area contributed by atoms with E-state index in [-0.39, 0.29) is 17.9 Å². The SMILES string of the molecule is C[C@H](NC(=O)C(=O)N1CCCCC1)[C@H](c1cccs1)N1CCN(c2ccc(F)cc2)CC1. The molecular weight excluding hydrogens is 427 g/mol. The van der Waals surface area contributed by atoms with Crippen molar-refractivity contribution < 1.29 is 14.0 Å². The van der Waals surface area contributed by atoms with Gasteiger partial charge in [-0.05, 0) is 61.9 Å². The molecule has 0 aliphatic carbocycles. The Bertz CT molecular complexity index is 891. The van der Waals surface area contributed by atoms with E-state index in [1.54, 1.807) is 16.2 Å². The molecule has 8 heteroatoms. The van der Waals surface area contributed by atoms with Crippen LogP contribution in [0.4, 0.5) is 10.1 Å². The molecule has 1 aromatic heterocycles. The van der Waals surface area contributed by atoms with E-state index in [1.165, 1.54) is 17.0 Å². The van der Waals surface area contributed by atoms with Crippen molar-refractivity contribution in [2.45, 2.75) is 38.3 Å². The molecule has 0 bridgehead atoms. The molecule has 32 heavy (non-hydrogen) atoms. The number of piperazine rings is 1. The molecule has 2 amide bonds. The topological polar surface area (TPSA) is 55.9 Å². The largest absolute Gasteiger partial charge is 0.369 e. The summed E-state index contributed by atoms with van der Waals surface area (Å²) in [6.07, 6.45) is 3.04. The molecule has 2 aliphatic heterocycles. The molecule has 0 radical (unpaired) electrons. The van der Waals surface area contributed by atoms with Gasteiger partial charge < -0.3 is 15.1 Å². The maximum atomic E-state index is 13.3. The molecule has 0 saturated carbocycles. The van der Waals surface area contributed by atoms with Gasteiger partial charge in [-0.3, -0.25) is 14.5 Å². The van der Waals surface area contributed by atoms with E-state index in [9.17, 15) is 14.0 Å². The third kappa shape index (κ3) is 5.30. The molecule has 2 atom stereocenters. The number of anilines is 1. The summed E-state index contributed by atoms with van der Waals surface area (Å²) in [5.74, 6) is -1.15. The van der Waals surface area contributed by atoms with Crippen LogP contribution in [0.5, 0.6) is 0 Å². The number of carbonyl (C=O) groups is 2. The highest BCUT2D eigenvalue weighted by atomic mass is 32.1. The number of likely N-dealkylation sites (tertiary alicyclic amines) is 1. The third-order valence-corrected chi connectivity index (χ3v) is 7.35. The second kappa shape index (κ2) is 10.4. The van der Waals surface area contributed by atoms with E-state index >= 15 is 0 Å². The number of rotatable bonds is 5. The Kier molecular flexibility index (Phi) is 7.42.